The summed E-state index contributed by atoms with van der Waals surface area (Å²) in [6.07, 6.45) is 2.23. The van der Waals surface area contributed by atoms with Gasteiger partial charge >= 0.3 is 0 Å². The van der Waals surface area contributed by atoms with E-state index in [-0.39, 0.29) is 22.7 Å². The fourth-order valence-corrected chi connectivity index (χ4v) is 4.00. The SMILES string of the molecule is CC(=O)N1CCc2cc(S(=O)(=O)Nc3ccc(NC(C)C)cn3)ccc21. The lowest BCUT2D eigenvalue weighted by Gasteiger charge is -2.15. The Morgan fingerprint density at radius 1 is 1.23 bits per heavy atom. The van der Waals surface area contributed by atoms with Crippen molar-refractivity contribution in [1.29, 1.82) is 0 Å². The second-order valence-corrected chi connectivity index (χ2v) is 8.23. The molecule has 0 saturated heterocycles. The van der Waals surface area contributed by atoms with E-state index in [1.165, 1.54) is 13.0 Å². The highest BCUT2D eigenvalue weighted by Gasteiger charge is 2.25. The van der Waals surface area contributed by atoms with E-state index in [2.05, 4.69) is 15.0 Å². The van der Waals surface area contributed by atoms with Crippen LogP contribution in [0.5, 0.6) is 0 Å². The summed E-state index contributed by atoms with van der Waals surface area (Å²) < 4.78 is 27.8. The van der Waals surface area contributed by atoms with E-state index in [1.54, 1.807) is 35.4 Å². The molecule has 26 heavy (non-hydrogen) atoms. The summed E-state index contributed by atoms with van der Waals surface area (Å²) in [7, 11) is -3.74. The van der Waals surface area contributed by atoms with E-state index in [1.807, 2.05) is 13.8 Å². The van der Waals surface area contributed by atoms with Gasteiger partial charge in [0.1, 0.15) is 5.82 Å². The number of amides is 1. The molecular weight excluding hydrogens is 352 g/mol. The normalized spacial score (nSPS) is 13.6. The molecule has 0 aliphatic carbocycles. The highest BCUT2D eigenvalue weighted by Crippen LogP contribution is 2.30. The summed E-state index contributed by atoms with van der Waals surface area (Å²) in [5.41, 5.74) is 2.45. The van der Waals surface area contributed by atoms with Crippen LogP contribution in [0.4, 0.5) is 17.2 Å². The first-order chi connectivity index (χ1) is 12.3. The van der Waals surface area contributed by atoms with Crippen LogP contribution in [0.3, 0.4) is 0 Å². The Kier molecular flexibility index (Phi) is 4.86. The van der Waals surface area contributed by atoms with Gasteiger partial charge in [-0.1, -0.05) is 0 Å². The van der Waals surface area contributed by atoms with Gasteiger partial charge in [-0.15, -0.1) is 0 Å². The second-order valence-electron chi connectivity index (χ2n) is 6.55. The Hall–Kier alpha value is -2.61. The molecule has 0 saturated carbocycles. The van der Waals surface area contributed by atoms with E-state index in [0.29, 0.717) is 13.0 Å². The van der Waals surface area contributed by atoms with Gasteiger partial charge in [0.05, 0.1) is 16.8 Å². The molecule has 0 spiro atoms. The van der Waals surface area contributed by atoms with E-state index < -0.39 is 10.0 Å². The largest absolute Gasteiger partial charge is 0.382 e. The lowest BCUT2D eigenvalue weighted by Crippen LogP contribution is -2.25. The Morgan fingerprint density at radius 2 is 2.00 bits per heavy atom. The van der Waals surface area contributed by atoms with E-state index in [4.69, 9.17) is 0 Å². The average Bonchev–Trinajstić information content (AvgIpc) is 2.99. The molecule has 1 amide bonds. The van der Waals surface area contributed by atoms with Crippen LogP contribution < -0.4 is 14.9 Å². The molecule has 0 fully saturated rings. The van der Waals surface area contributed by atoms with E-state index in [9.17, 15) is 13.2 Å². The Balaban J connectivity index is 1.80. The van der Waals surface area contributed by atoms with E-state index in [0.717, 1.165) is 16.9 Å². The zero-order valence-electron chi connectivity index (χ0n) is 15.0. The zero-order chi connectivity index (χ0) is 18.9. The van der Waals surface area contributed by atoms with Crippen LogP contribution in [0.2, 0.25) is 0 Å². The standard InChI is InChI=1S/C18H22N4O3S/c1-12(2)20-15-4-7-18(19-11-15)21-26(24,25)16-5-6-17-14(10-16)8-9-22(17)13(3)23/h4-7,10-12,20H,8-9H2,1-3H3,(H,19,21). The first kappa shape index (κ1) is 18.2. The molecule has 2 aromatic rings. The molecule has 0 bridgehead atoms. The number of hydrogen-bond acceptors (Lipinski definition) is 5. The van der Waals surface area contributed by atoms with Gasteiger partial charge in [-0.05, 0) is 56.2 Å². The van der Waals surface area contributed by atoms with Crippen molar-refractivity contribution in [3.63, 3.8) is 0 Å². The third-order valence-corrected chi connectivity index (χ3v) is 5.45. The number of hydrogen-bond donors (Lipinski definition) is 2. The van der Waals surface area contributed by atoms with Crippen LogP contribution in [-0.2, 0) is 21.2 Å². The molecular formula is C18H22N4O3S. The van der Waals surface area contributed by atoms with Crippen molar-refractivity contribution in [1.82, 2.24) is 4.98 Å². The maximum absolute atomic E-state index is 12.6. The molecule has 0 unspecified atom stereocenters. The molecule has 1 aromatic carbocycles. The smallest absolute Gasteiger partial charge is 0.263 e. The Labute approximate surface area is 153 Å². The summed E-state index contributed by atoms with van der Waals surface area (Å²) in [6, 6.07) is 8.47. The first-order valence-corrected chi connectivity index (χ1v) is 9.91. The second kappa shape index (κ2) is 6.95. The van der Waals surface area contributed by atoms with Crippen molar-refractivity contribution in [3.05, 3.63) is 42.1 Å². The molecule has 8 heteroatoms. The quantitative estimate of drug-likeness (QED) is 0.839. The zero-order valence-corrected chi connectivity index (χ0v) is 15.8. The van der Waals surface area contributed by atoms with Crippen LogP contribution in [-0.4, -0.2) is 31.9 Å². The Bertz CT molecular complexity index is 924. The lowest BCUT2D eigenvalue weighted by atomic mass is 10.2. The van der Waals surface area contributed by atoms with Crippen molar-refractivity contribution in [3.8, 4) is 0 Å². The Morgan fingerprint density at radius 3 is 2.62 bits per heavy atom. The van der Waals surface area contributed by atoms with Gasteiger partial charge in [0, 0.05) is 25.2 Å². The molecule has 1 aliphatic heterocycles. The number of benzene rings is 1. The van der Waals surface area contributed by atoms with Gasteiger partial charge in [0.25, 0.3) is 10.0 Å². The molecule has 1 aliphatic rings. The van der Waals surface area contributed by atoms with Crippen LogP contribution in [0, 0.1) is 0 Å². The summed E-state index contributed by atoms with van der Waals surface area (Å²) in [5.74, 6) is 0.210. The minimum atomic E-state index is -3.74. The van der Waals surface area contributed by atoms with Gasteiger partial charge in [-0.25, -0.2) is 13.4 Å². The van der Waals surface area contributed by atoms with Crippen LogP contribution in [0.1, 0.15) is 26.3 Å². The maximum atomic E-state index is 12.6. The number of carbonyl (C=O) groups excluding carboxylic acids is 1. The van der Waals surface area contributed by atoms with Crippen molar-refractivity contribution in [2.24, 2.45) is 0 Å². The molecule has 1 aromatic heterocycles. The van der Waals surface area contributed by atoms with E-state index >= 15 is 0 Å². The van der Waals surface area contributed by atoms with Gasteiger partial charge in [0.2, 0.25) is 5.91 Å². The van der Waals surface area contributed by atoms with Crippen molar-refractivity contribution >= 4 is 33.1 Å². The summed E-state index contributed by atoms with van der Waals surface area (Å²) >= 11 is 0. The van der Waals surface area contributed by atoms with Gasteiger partial charge in [-0.3, -0.25) is 9.52 Å². The molecule has 0 radical (unpaired) electrons. The predicted octanol–water partition coefficient (Wildman–Crippen LogP) is 2.61. The lowest BCUT2D eigenvalue weighted by molar-refractivity contribution is -0.116. The molecule has 2 heterocycles. The summed E-state index contributed by atoms with van der Waals surface area (Å²) in [6.45, 7) is 6.10. The molecule has 3 rings (SSSR count). The molecule has 2 N–H and O–H groups in total. The number of rotatable bonds is 5. The minimum Gasteiger partial charge on any atom is -0.382 e. The van der Waals surface area contributed by atoms with Gasteiger partial charge in [0.15, 0.2) is 0 Å². The van der Waals surface area contributed by atoms with Crippen molar-refractivity contribution in [2.75, 3.05) is 21.5 Å². The maximum Gasteiger partial charge on any atom is 0.263 e. The number of pyridine rings is 1. The van der Waals surface area contributed by atoms with Crippen LogP contribution >= 0.6 is 0 Å². The van der Waals surface area contributed by atoms with Gasteiger partial charge < -0.3 is 10.2 Å². The van der Waals surface area contributed by atoms with Crippen LogP contribution in [0.15, 0.2) is 41.4 Å². The van der Waals surface area contributed by atoms with Crippen LogP contribution in [0.25, 0.3) is 0 Å². The number of carbonyl (C=O) groups is 1. The summed E-state index contributed by atoms with van der Waals surface area (Å²) in [4.78, 5) is 17.6. The van der Waals surface area contributed by atoms with Gasteiger partial charge in [-0.2, -0.15) is 0 Å². The molecule has 0 atom stereocenters. The monoisotopic (exact) mass is 374 g/mol. The van der Waals surface area contributed by atoms with Crippen molar-refractivity contribution in [2.45, 2.75) is 38.1 Å². The van der Waals surface area contributed by atoms with Crippen molar-refractivity contribution < 1.29 is 13.2 Å². The topological polar surface area (TPSA) is 91.4 Å². The fourth-order valence-electron chi connectivity index (χ4n) is 2.94. The average molecular weight is 374 g/mol. The first-order valence-electron chi connectivity index (χ1n) is 8.43. The molecule has 7 nitrogen and oxygen atoms in total. The summed E-state index contributed by atoms with van der Waals surface area (Å²) in [5, 5.41) is 3.20. The number of fused-ring (bicyclic) bond motifs is 1. The molecule has 138 valence electrons. The number of sulfonamides is 1. The number of nitrogens with one attached hydrogen (secondary N) is 2. The third-order valence-electron chi connectivity index (χ3n) is 4.09. The predicted molar refractivity (Wildman–Crippen MR) is 102 cm³/mol. The minimum absolute atomic E-state index is 0.0446. The highest BCUT2D eigenvalue weighted by molar-refractivity contribution is 7.92. The number of aromatic nitrogens is 1. The third kappa shape index (κ3) is 3.80. The highest BCUT2D eigenvalue weighted by atomic mass is 32.2. The number of nitrogens with zero attached hydrogens (tertiary/aromatic N) is 2. The number of anilines is 3. The fraction of sp³-hybridized carbons (Fsp3) is 0.333.